The van der Waals surface area contributed by atoms with E-state index in [4.69, 9.17) is 9.47 Å². The molecule has 1 unspecified atom stereocenters. The van der Waals surface area contributed by atoms with Crippen LogP contribution in [-0.4, -0.2) is 35.7 Å². The maximum absolute atomic E-state index is 13.0. The quantitative estimate of drug-likeness (QED) is 0.546. The predicted octanol–water partition coefficient (Wildman–Crippen LogP) is 3.11. The van der Waals surface area contributed by atoms with Crippen LogP contribution in [0.4, 0.5) is 0 Å². The number of hydrogen-bond donors (Lipinski definition) is 3. The fourth-order valence-corrected chi connectivity index (χ4v) is 3.16. The SMILES string of the molecule is Cc1ccc(C(=O)NC(=Cc2ccc3c(c2)OCO3)C(=O)NC(CC(C)C)C(=O)O)cc1. The molecule has 2 aromatic rings. The summed E-state index contributed by atoms with van der Waals surface area (Å²) in [6.07, 6.45) is 1.72. The van der Waals surface area contributed by atoms with Crippen LogP contribution in [0.5, 0.6) is 11.5 Å². The molecule has 1 aliphatic heterocycles. The van der Waals surface area contributed by atoms with Crippen molar-refractivity contribution < 1.29 is 29.0 Å². The minimum Gasteiger partial charge on any atom is -0.480 e. The third-order valence-corrected chi connectivity index (χ3v) is 4.82. The lowest BCUT2D eigenvalue weighted by Gasteiger charge is -2.18. The highest BCUT2D eigenvalue weighted by molar-refractivity contribution is 6.06. The fourth-order valence-electron chi connectivity index (χ4n) is 3.16. The third kappa shape index (κ3) is 5.87. The summed E-state index contributed by atoms with van der Waals surface area (Å²) < 4.78 is 10.7. The number of rotatable bonds is 8. The number of fused-ring (bicyclic) bond motifs is 1. The van der Waals surface area contributed by atoms with Crippen molar-refractivity contribution in [1.29, 1.82) is 0 Å². The monoisotopic (exact) mass is 438 g/mol. The zero-order valence-corrected chi connectivity index (χ0v) is 18.2. The Morgan fingerprint density at radius 3 is 2.41 bits per heavy atom. The van der Waals surface area contributed by atoms with E-state index in [-0.39, 0.29) is 24.8 Å². The van der Waals surface area contributed by atoms with Crippen molar-refractivity contribution in [3.8, 4) is 11.5 Å². The molecule has 0 aromatic heterocycles. The number of carboxylic acids is 1. The lowest BCUT2D eigenvalue weighted by molar-refractivity contribution is -0.141. The summed E-state index contributed by atoms with van der Waals surface area (Å²) in [5.41, 5.74) is 1.87. The van der Waals surface area contributed by atoms with E-state index >= 15 is 0 Å². The molecule has 1 atom stereocenters. The highest BCUT2D eigenvalue weighted by Crippen LogP contribution is 2.33. The summed E-state index contributed by atoms with van der Waals surface area (Å²) in [5.74, 6) is -1.16. The van der Waals surface area contributed by atoms with Crippen molar-refractivity contribution in [2.45, 2.75) is 33.2 Å². The van der Waals surface area contributed by atoms with E-state index in [1.54, 1.807) is 42.5 Å². The number of benzene rings is 2. The Balaban J connectivity index is 1.89. The van der Waals surface area contributed by atoms with E-state index < -0.39 is 23.8 Å². The lowest BCUT2D eigenvalue weighted by Crippen LogP contribution is -2.45. The Kier molecular flexibility index (Phi) is 7.14. The molecule has 8 nitrogen and oxygen atoms in total. The number of carbonyl (C=O) groups is 3. The smallest absolute Gasteiger partial charge is 0.326 e. The number of amides is 2. The van der Waals surface area contributed by atoms with Crippen LogP contribution in [0.1, 0.15) is 41.8 Å². The number of aryl methyl sites for hydroxylation is 1. The topological polar surface area (TPSA) is 114 Å². The van der Waals surface area contributed by atoms with Gasteiger partial charge in [0.2, 0.25) is 6.79 Å². The Bertz CT molecular complexity index is 1040. The first kappa shape index (κ1) is 22.9. The van der Waals surface area contributed by atoms with E-state index in [2.05, 4.69) is 10.6 Å². The van der Waals surface area contributed by atoms with Gasteiger partial charge in [-0.1, -0.05) is 37.6 Å². The van der Waals surface area contributed by atoms with Gasteiger partial charge in [-0.25, -0.2) is 4.79 Å². The highest BCUT2D eigenvalue weighted by Gasteiger charge is 2.24. The molecule has 2 amide bonds. The fraction of sp³-hybridized carbons (Fsp3) is 0.292. The van der Waals surface area contributed by atoms with Gasteiger partial charge in [0.15, 0.2) is 11.5 Å². The van der Waals surface area contributed by atoms with Crippen LogP contribution >= 0.6 is 0 Å². The summed E-state index contributed by atoms with van der Waals surface area (Å²) in [5, 5.41) is 14.6. The van der Waals surface area contributed by atoms with E-state index in [0.29, 0.717) is 22.6 Å². The van der Waals surface area contributed by atoms with Crippen LogP contribution in [0.25, 0.3) is 6.08 Å². The van der Waals surface area contributed by atoms with Crippen LogP contribution in [0.3, 0.4) is 0 Å². The van der Waals surface area contributed by atoms with Crippen molar-refractivity contribution in [3.05, 3.63) is 64.9 Å². The van der Waals surface area contributed by atoms with Gasteiger partial charge in [-0.15, -0.1) is 0 Å². The molecule has 0 spiro atoms. The van der Waals surface area contributed by atoms with Crippen molar-refractivity contribution >= 4 is 23.9 Å². The molecule has 0 radical (unpaired) electrons. The van der Waals surface area contributed by atoms with Gasteiger partial charge in [-0.05, 0) is 55.2 Å². The second kappa shape index (κ2) is 10.00. The molecule has 0 saturated heterocycles. The van der Waals surface area contributed by atoms with Crippen LogP contribution in [-0.2, 0) is 9.59 Å². The molecular weight excluding hydrogens is 412 g/mol. The number of ether oxygens (including phenoxy) is 2. The first-order chi connectivity index (χ1) is 15.2. The Hall–Kier alpha value is -3.81. The van der Waals surface area contributed by atoms with Gasteiger partial charge in [0.25, 0.3) is 11.8 Å². The molecule has 0 fully saturated rings. The number of carboxylic acid groups (broad SMARTS) is 1. The largest absolute Gasteiger partial charge is 0.480 e. The van der Waals surface area contributed by atoms with Crippen molar-refractivity contribution in [2.24, 2.45) is 5.92 Å². The average Bonchev–Trinajstić information content (AvgIpc) is 3.20. The van der Waals surface area contributed by atoms with Crippen LogP contribution in [0.15, 0.2) is 48.2 Å². The number of aliphatic carboxylic acids is 1. The lowest BCUT2D eigenvalue weighted by atomic mass is 10.0. The minimum atomic E-state index is -1.14. The zero-order valence-electron chi connectivity index (χ0n) is 18.2. The molecule has 0 bridgehead atoms. The van der Waals surface area contributed by atoms with Gasteiger partial charge < -0.3 is 25.2 Å². The zero-order chi connectivity index (χ0) is 23.3. The van der Waals surface area contributed by atoms with E-state index in [0.717, 1.165) is 5.56 Å². The summed E-state index contributed by atoms with van der Waals surface area (Å²) in [6.45, 7) is 5.74. The molecule has 3 rings (SSSR count). The molecule has 168 valence electrons. The van der Waals surface area contributed by atoms with Gasteiger partial charge in [0.05, 0.1) is 0 Å². The van der Waals surface area contributed by atoms with E-state index in [1.807, 2.05) is 20.8 Å². The van der Waals surface area contributed by atoms with Gasteiger partial charge in [-0.2, -0.15) is 0 Å². The molecular formula is C24H26N2O6. The van der Waals surface area contributed by atoms with Crippen molar-refractivity contribution in [2.75, 3.05) is 6.79 Å². The predicted molar refractivity (Wildman–Crippen MR) is 118 cm³/mol. The molecule has 1 aliphatic rings. The van der Waals surface area contributed by atoms with Gasteiger partial charge in [0, 0.05) is 5.56 Å². The maximum Gasteiger partial charge on any atom is 0.326 e. The van der Waals surface area contributed by atoms with E-state index in [9.17, 15) is 19.5 Å². The molecule has 0 aliphatic carbocycles. The third-order valence-electron chi connectivity index (χ3n) is 4.82. The number of hydrogen-bond acceptors (Lipinski definition) is 5. The van der Waals surface area contributed by atoms with Crippen LogP contribution < -0.4 is 20.1 Å². The summed E-state index contributed by atoms with van der Waals surface area (Å²) in [7, 11) is 0. The molecule has 32 heavy (non-hydrogen) atoms. The van der Waals surface area contributed by atoms with Crippen molar-refractivity contribution in [1.82, 2.24) is 10.6 Å². The summed E-state index contributed by atoms with van der Waals surface area (Å²) in [6, 6.07) is 10.9. The van der Waals surface area contributed by atoms with Crippen LogP contribution in [0.2, 0.25) is 0 Å². The molecule has 1 heterocycles. The molecule has 2 aromatic carbocycles. The average molecular weight is 438 g/mol. The Morgan fingerprint density at radius 2 is 1.75 bits per heavy atom. The van der Waals surface area contributed by atoms with Gasteiger partial charge in [-0.3, -0.25) is 9.59 Å². The van der Waals surface area contributed by atoms with Crippen molar-refractivity contribution in [3.63, 3.8) is 0 Å². The first-order valence-electron chi connectivity index (χ1n) is 10.3. The van der Waals surface area contributed by atoms with Gasteiger partial charge >= 0.3 is 5.97 Å². The van der Waals surface area contributed by atoms with Crippen LogP contribution in [0, 0.1) is 12.8 Å². The Morgan fingerprint density at radius 1 is 1.06 bits per heavy atom. The highest BCUT2D eigenvalue weighted by atomic mass is 16.7. The maximum atomic E-state index is 13.0. The molecule has 8 heteroatoms. The first-order valence-corrected chi connectivity index (χ1v) is 10.3. The standard InChI is InChI=1S/C24H26N2O6/c1-14(2)10-19(24(29)30)26-23(28)18(25-22(27)17-7-4-15(3)5-8-17)11-16-6-9-20-21(12-16)32-13-31-20/h4-9,11-12,14,19H,10,13H2,1-3H3,(H,25,27)(H,26,28)(H,29,30). The normalized spacial score (nSPS) is 13.6. The number of nitrogens with one attached hydrogen (secondary N) is 2. The second-order valence-electron chi connectivity index (χ2n) is 7.98. The molecule has 3 N–H and O–H groups in total. The van der Waals surface area contributed by atoms with E-state index in [1.165, 1.54) is 6.08 Å². The summed E-state index contributed by atoms with van der Waals surface area (Å²) >= 11 is 0. The second-order valence-corrected chi connectivity index (χ2v) is 7.98. The molecule has 0 saturated carbocycles. The Labute approximate surface area is 186 Å². The van der Waals surface area contributed by atoms with Gasteiger partial charge in [0.1, 0.15) is 11.7 Å². The minimum absolute atomic E-state index is 0.0554. The number of carbonyl (C=O) groups excluding carboxylic acids is 2. The summed E-state index contributed by atoms with van der Waals surface area (Å²) in [4.78, 5) is 37.3.